The lowest BCUT2D eigenvalue weighted by Crippen LogP contribution is -2.49. The van der Waals surface area contributed by atoms with Gasteiger partial charge in [0.15, 0.2) is 0 Å². The zero-order valence-corrected chi connectivity index (χ0v) is 16.4. The van der Waals surface area contributed by atoms with Crippen LogP contribution < -0.4 is 10.0 Å². The zero-order chi connectivity index (χ0) is 19.4. The van der Waals surface area contributed by atoms with Crippen LogP contribution in [0.1, 0.15) is 35.6 Å². The summed E-state index contributed by atoms with van der Waals surface area (Å²) >= 11 is 0. The number of nitrogens with zero attached hydrogens (tertiary/aromatic N) is 3. The lowest BCUT2D eigenvalue weighted by Gasteiger charge is -2.35. The van der Waals surface area contributed by atoms with Gasteiger partial charge in [-0.15, -0.1) is 0 Å². The van der Waals surface area contributed by atoms with Gasteiger partial charge in [-0.2, -0.15) is 0 Å². The molecule has 0 bridgehead atoms. The topological polar surface area (TPSA) is 96.3 Å². The highest BCUT2D eigenvalue weighted by atomic mass is 32.2. The fraction of sp³-hybridized carbons (Fsp3) is 0.444. The largest absolute Gasteiger partial charge is 0.336 e. The van der Waals surface area contributed by atoms with Crippen LogP contribution >= 0.6 is 0 Å². The van der Waals surface area contributed by atoms with Crippen molar-refractivity contribution in [2.45, 2.75) is 19.4 Å². The Hall–Kier alpha value is -2.39. The molecule has 1 aromatic carbocycles. The highest BCUT2D eigenvalue weighted by Gasteiger charge is 2.31. The number of nitrogens with one attached hydrogen (secondary N) is 2. The second kappa shape index (κ2) is 8.10. The first-order valence-corrected chi connectivity index (χ1v) is 10.7. The highest BCUT2D eigenvalue weighted by Crippen LogP contribution is 2.23. The van der Waals surface area contributed by atoms with Crippen molar-refractivity contribution in [2.75, 3.05) is 30.1 Å². The van der Waals surface area contributed by atoms with Gasteiger partial charge in [0.05, 0.1) is 5.75 Å². The Labute approximate surface area is 159 Å². The molecular weight excluding hydrogens is 366 g/mol. The van der Waals surface area contributed by atoms with Gasteiger partial charge in [0.25, 0.3) is 5.91 Å². The molecule has 1 atom stereocenters. The summed E-state index contributed by atoms with van der Waals surface area (Å²) in [7, 11) is -1.43. The van der Waals surface area contributed by atoms with E-state index in [0.717, 1.165) is 12.4 Å². The van der Waals surface area contributed by atoms with Gasteiger partial charge in [0, 0.05) is 50.3 Å². The Kier molecular flexibility index (Phi) is 5.81. The number of hydrogen-bond donors (Lipinski definition) is 2. The Bertz CT molecular complexity index is 892. The van der Waals surface area contributed by atoms with E-state index in [2.05, 4.69) is 15.0 Å². The van der Waals surface area contributed by atoms with Crippen LogP contribution in [0.2, 0.25) is 0 Å². The molecule has 0 saturated carbocycles. The van der Waals surface area contributed by atoms with E-state index >= 15 is 0 Å². The summed E-state index contributed by atoms with van der Waals surface area (Å²) in [5.41, 5.74) is 0.982. The summed E-state index contributed by atoms with van der Waals surface area (Å²) in [5, 5.41) is 3.31. The highest BCUT2D eigenvalue weighted by molar-refractivity contribution is 7.92. The number of sulfonamides is 1. The Morgan fingerprint density at radius 1 is 1.33 bits per heavy atom. The summed E-state index contributed by atoms with van der Waals surface area (Å²) in [4.78, 5) is 19.2. The second-order valence-electron chi connectivity index (χ2n) is 6.61. The van der Waals surface area contributed by atoms with Gasteiger partial charge in [-0.1, -0.05) is 6.92 Å². The van der Waals surface area contributed by atoms with Crippen LogP contribution in [0.4, 0.5) is 5.69 Å². The van der Waals surface area contributed by atoms with Gasteiger partial charge >= 0.3 is 0 Å². The molecule has 1 aromatic heterocycles. The maximum atomic E-state index is 13.0. The third kappa shape index (κ3) is 4.48. The maximum absolute atomic E-state index is 13.0. The van der Waals surface area contributed by atoms with Crippen molar-refractivity contribution in [2.24, 2.45) is 7.05 Å². The summed E-state index contributed by atoms with van der Waals surface area (Å²) < 4.78 is 28.2. The molecule has 1 unspecified atom stereocenters. The van der Waals surface area contributed by atoms with Gasteiger partial charge in [0.1, 0.15) is 11.9 Å². The molecule has 1 fully saturated rings. The third-order valence-corrected chi connectivity index (χ3v) is 6.03. The normalized spacial score (nSPS) is 17.7. The van der Waals surface area contributed by atoms with E-state index in [9.17, 15) is 13.2 Å². The number of piperazine rings is 1. The number of rotatable bonds is 6. The molecule has 1 amide bonds. The molecule has 2 N–H and O–H groups in total. The smallest absolute Gasteiger partial charge is 0.254 e. The Morgan fingerprint density at radius 2 is 2.07 bits per heavy atom. The number of anilines is 1. The number of amides is 1. The standard InChI is InChI=1S/C18H25N5O3S/c1-3-12-27(25,26)21-15-6-4-14(5-7-15)18(24)23-11-8-19-13-16(23)17-20-9-10-22(17)2/h4-7,9-10,16,19,21H,3,8,11-13H2,1-2H3. The van der Waals surface area contributed by atoms with Crippen LogP contribution in [-0.4, -0.2) is 54.2 Å². The summed E-state index contributed by atoms with van der Waals surface area (Å²) in [6, 6.07) is 6.42. The van der Waals surface area contributed by atoms with Crippen molar-refractivity contribution < 1.29 is 13.2 Å². The molecule has 3 rings (SSSR count). The van der Waals surface area contributed by atoms with Crippen LogP contribution in [0.15, 0.2) is 36.7 Å². The maximum Gasteiger partial charge on any atom is 0.254 e. The predicted molar refractivity (Wildman–Crippen MR) is 104 cm³/mol. The monoisotopic (exact) mass is 391 g/mol. The molecule has 2 aromatic rings. The number of imidazole rings is 1. The molecule has 1 aliphatic heterocycles. The zero-order valence-electron chi connectivity index (χ0n) is 15.6. The molecule has 8 nitrogen and oxygen atoms in total. The van der Waals surface area contributed by atoms with E-state index in [1.807, 2.05) is 29.6 Å². The fourth-order valence-corrected chi connectivity index (χ4v) is 4.36. The van der Waals surface area contributed by atoms with E-state index in [4.69, 9.17) is 0 Å². The van der Waals surface area contributed by atoms with Crippen LogP contribution in [0, 0.1) is 0 Å². The molecule has 27 heavy (non-hydrogen) atoms. The van der Waals surface area contributed by atoms with E-state index in [0.29, 0.717) is 30.8 Å². The Balaban J connectivity index is 1.77. The number of benzene rings is 1. The summed E-state index contributed by atoms with van der Waals surface area (Å²) in [6.07, 6.45) is 4.14. The van der Waals surface area contributed by atoms with Crippen LogP contribution in [0.25, 0.3) is 0 Å². The van der Waals surface area contributed by atoms with Crippen molar-refractivity contribution in [3.63, 3.8) is 0 Å². The molecule has 9 heteroatoms. The average Bonchev–Trinajstić information content (AvgIpc) is 3.07. The molecule has 0 spiro atoms. The van der Waals surface area contributed by atoms with Crippen molar-refractivity contribution in [3.8, 4) is 0 Å². The predicted octanol–water partition coefficient (Wildman–Crippen LogP) is 1.36. The first-order valence-electron chi connectivity index (χ1n) is 9.00. The second-order valence-corrected chi connectivity index (χ2v) is 8.45. The lowest BCUT2D eigenvalue weighted by atomic mass is 10.1. The van der Waals surface area contributed by atoms with Gasteiger partial charge < -0.3 is 14.8 Å². The third-order valence-electron chi connectivity index (χ3n) is 4.54. The average molecular weight is 391 g/mol. The first kappa shape index (κ1) is 19.4. The van der Waals surface area contributed by atoms with E-state index in [-0.39, 0.29) is 17.7 Å². The number of carbonyl (C=O) groups is 1. The number of aromatic nitrogens is 2. The lowest BCUT2D eigenvalue weighted by molar-refractivity contribution is 0.0621. The van der Waals surface area contributed by atoms with E-state index in [1.54, 1.807) is 30.5 Å². The summed E-state index contributed by atoms with van der Waals surface area (Å²) in [6.45, 7) is 3.76. The number of carbonyl (C=O) groups excluding carboxylic acids is 1. The minimum absolute atomic E-state index is 0.0693. The minimum atomic E-state index is -3.35. The molecule has 2 heterocycles. The summed E-state index contributed by atoms with van der Waals surface area (Å²) in [5.74, 6) is 0.812. The molecule has 0 aliphatic carbocycles. The van der Waals surface area contributed by atoms with Gasteiger partial charge in [0.2, 0.25) is 10.0 Å². The Morgan fingerprint density at radius 3 is 2.70 bits per heavy atom. The molecular formula is C18H25N5O3S. The fourth-order valence-electron chi connectivity index (χ4n) is 3.22. The van der Waals surface area contributed by atoms with Crippen molar-refractivity contribution in [1.82, 2.24) is 19.8 Å². The molecule has 0 radical (unpaired) electrons. The van der Waals surface area contributed by atoms with Crippen LogP contribution in [0.3, 0.4) is 0 Å². The quantitative estimate of drug-likeness (QED) is 0.775. The SMILES string of the molecule is CCCS(=O)(=O)Nc1ccc(C(=O)N2CCNCC2c2nccn2C)cc1. The van der Waals surface area contributed by atoms with Crippen molar-refractivity contribution in [1.29, 1.82) is 0 Å². The molecule has 1 aliphatic rings. The first-order chi connectivity index (χ1) is 12.9. The number of aryl methyl sites for hydroxylation is 1. The number of hydrogen-bond acceptors (Lipinski definition) is 5. The van der Waals surface area contributed by atoms with Crippen LogP contribution in [-0.2, 0) is 17.1 Å². The van der Waals surface area contributed by atoms with Crippen LogP contribution in [0.5, 0.6) is 0 Å². The molecule has 1 saturated heterocycles. The van der Waals surface area contributed by atoms with Crippen molar-refractivity contribution in [3.05, 3.63) is 48.0 Å². The van der Waals surface area contributed by atoms with E-state index in [1.165, 1.54) is 0 Å². The van der Waals surface area contributed by atoms with Gasteiger partial charge in [-0.05, 0) is 30.7 Å². The van der Waals surface area contributed by atoms with E-state index < -0.39 is 10.0 Å². The molecule has 146 valence electrons. The van der Waals surface area contributed by atoms with Gasteiger partial charge in [-0.3, -0.25) is 9.52 Å². The minimum Gasteiger partial charge on any atom is -0.336 e. The van der Waals surface area contributed by atoms with Crippen molar-refractivity contribution >= 4 is 21.6 Å². The van der Waals surface area contributed by atoms with Gasteiger partial charge in [-0.25, -0.2) is 13.4 Å².